The Morgan fingerprint density at radius 3 is 2.42 bits per heavy atom. The summed E-state index contributed by atoms with van der Waals surface area (Å²) in [5.41, 5.74) is 1.27. The van der Waals surface area contributed by atoms with Crippen molar-refractivity contribution >= 4 is 11.9 Å². The van der Waals surface area contributed by atoms with E-state index in [1.807, 2.05) is 6.20 Å². The van der Waals surface area contributed by atoms with Crippen LogP contribution in [0.2, 0.25) is 0 Å². The molecule has 24 heavy (non-hydrogen) atoms. The zero-order valence-corrected chi connectivity index (χ0v) is 15.2. The van der Waals surface area contributed by atoms with E-state index in [1.165, 1.54) is 5.57 Å². The average molecular weight is 331 g/mol. The fraction of sp³-hybridized carbons (Fsp3) is 0.800. The van der Waals surface area contributed by atoms with Gasteiger partial charge in [-0.2, -0.15) is 0 Å². The van der Waals surface area contributed by atoms with Crippen LogP contribution in [0.15, 0.2) is 11.8 Å². The number of hydrogen-bond acceptors (Lipinski definition) is 3. The highest BCUT2D eigenvalue weighted by Gasteiger charge is 2.53. The maximum atomic E-state index is 13.2. The summed E-state index contributed by atoms with van der Waals surface area (Å²) < 4.78 is 5.85. The molecule has 2 aliphatic heterocycles. The molecule has 132 valence electrons. The fourth-order valence-corrected chi connectivity index (χ4v) is 5.93. The maximum Gasteiger partial charge on any atom is 0.311 e. The number of carbonyl (C=O) groups is 2. The molecule has 1 amide bonds. The Morgan fingerprint density at radius 1 is 1.00 bits per heavy atom. The molecular formula is C20H29NO3. The third kappa shape index (κ3) is 2.18. The zero-order chi connectivity index (χ0) is 17.2. The largest absolute Gasteiger partial charge is 0.441 e. The number of carbonyl (C=O) groups excluding carboxylic acids is 2. The van der Waals surface area contributed by atoms with Crippen molar-refractivity contribution in [1.82, 2.24) is 4.90 Å². The Bertz CT molecular complexity index is 598. The molecule has 8 atom stereocenters. The highest BCUT2D eigenvalue weighted by Crippen LogP contribution is 2.49. The van der Waals surface area contributed by atoms with Crippen molar-refractivity contribution in [2.24, 2.45) is 41.4 Å². The second kappa shape index (κ2) is 5.60. The lowest BCUT2D eigenvalue weighted by atomic mass is 9.77. The minimum Gasteiger partial charge on any atom is -0.441 e. The van der Waals surface area contributed by atoms with E-state index < -0.39 is 6.23 Å². The van der Waals surface area contributed by atoms with E-state index in [0.29, 0.717) is 23.7 Å². The normalized spacial score (nSPS) is 48.0. The molecule has 4 heteroatoms. The van der Waals surface area contributed by atoms with Gasteiger partial charge in [-0.1, -0.05) is 26.3 Å². The Balaban J connectivity index is 1.64. The molecule has 2 aliphatic carbocycles. The van der Waals surface area contributed by atoms with Crippen molar-refractivity contribution < 1.29 is 14.3 Å². The Morgan fingerprint density at radius 2 is 1.67 bits per heavy atom. The van der Waals surface area contributed by atoms with Crippen LogP contribution in [-0.2, 0) is 14.3 Å². The summed E-state index contributed by atoms with van der Waals surface area (Å²) in [4.78, 5) is 27.5. The van der Waals surface area contributed by atoms with Gasteiger partial charge in [0.15, 0.2) is 6.23 Å². The molecule has 1 saturated heterocycles. The monoisotopic (exact) mass is 331 g/mol. The van der Waals surface area contributed by atoms with Crippen molar-refractivity contribution in [1.29, 1.82) is 0 Å². The van der Waals surface area contributed by atoms with E-state index in [4.69, 9.17) is 4.74 Å². The number of fused-ring (bicyclic) bond motifs is 2. The number of esters is 1. The summed E-state index contributed by atoms with van der Waals surface area (Å²) in [7, 11) is 0. The van der Waals surface area contributed by atoms with Gasteiger partial charge in [-0.25, -0.2) is 0 Å². The molecule has 0 N–H and O–H groups in total. The van der Waals surface area contributed by atoms with Crippen molar-refractivity contribution in [3.63, 3.8) is 0 Å². The summed E-state index contributed by atoms with van der Waals surface area (Å²) in [5, 5.41) is 0. The third-order valence-electron chi connectivity index (χ3n) is 7.38. The first-order chi connectivity index (χ1) is 11.4. The lowest BCUT2D eigenvalue weighted by Crippen LogP contribution is -2.55. The molecule has 0 aromatic carbocycles. The minimum atomic E-state index is -0.416. The molecule has 0 bridgehead atoms. The van der Waals surface area contributed by atoms with E-state index in [0.717, 1.165) is 25.7 Å². The maximum absolute atomic E-state index is 13.2. The van der Waals surface area contributed by atoms with Crippen LogP contribution in [0.5, 0.6) is 0 Å². The number of rotatable bonds is 1. The van der Waals surface area contributed by atoms with Gasteiger partial charge in [0, 0.05) is 18.0 Å². The molecule has 3 fully saturated rings. The Labute approximate surface area is 144 Å². The van der Waals surface area contributed by atoms with Crippen molar-refractivity contribution in [3.8, 4) is 0 Å². The highest BCUT2D eigenvalue weighted by molar-refractivity contribution is 5.83. The fourth-order valence-electron chi connectivity index (χ4n) is 5.93. The second-order valence-corrected chi connectivity index (χ2v) is 8.74. The van der Waals surface area contributed by atoms with Crippen LogP contribution in [0.3, 0.4) is 0 Å². The van der Waals surface area contributed by atoms with Crippen molar-refractivity contribution in [2.75, 3.05) is 0 Å². The van der Waals surface area contributed by atoms with Gasteiger partial charge in [-0.05, 0) is 56.3 Å². The smallest absolute Gasteiger partial charge is 0.311 e. The molecule has 0 spiro atoms. The summed E-state index contributed by atoms with van der Waals surface area (Å²) in [6, 6.07) is 0. The first kappa shape index (κ1) is 16.2. The van der Waals surface area contributed by atoms with Gasteiger partial charge < -0.3 is 4.74 Å². The molecular weight excluding hydrogens is 302 g/mol. The lowest BCUT2D eigenvalue weighted by molar-refractivity contribution is -0.190. The van der Waals surface area contributed by atoms with Gasteiger partial charge in [0.05, 0.1) is 5.92 Å². The molecule has 2 saturated carbocycles. The molecule has 4 nitrogen and oxygen atoms in total. The van der Waals surface area contributed by atoms with Crippen LogP contribution in [0.25, 0.3) is 0 Å². The molecule has 2 heterocycles. The zero-order valence-electron chi connectivity index (χ0n) is 15.2. The van der Waals surface area contributed by atoms with Crippen LogP contribution in [0, 0.1) is 41.4 Å². The van der Waals surface area contributed by atoms with Crippen LogP contribution < -0.4 is 0 Å². The van der Waals surface area contributed by atoms with E-state index >= 15 is 0 Å². The summed E-state index contributed by atoms with van der Waals surface area (Å²) >= 11 is 0. The van der Waals surface area contributed by atoms with Crippen LogP contribution >= 0.6 is 0 Å². The van der Waals surface area contributed by atoms with E-state index in [-0.39, 0.29) is 29.6 Å². The molecule has 0 aromatic rings. The third-order valence-corrected chi connectivity index (χ3v) is 7.38. The standard InChI is InChI=1S/C20H29NO3/c1-10-5-7-14-12(3)9-21(18(22)16(10)14)19-13(4)15-8-6-11(2)17(15)20(23)24-19/h9-11,13-17,19H,5-8H2,1-4H3/t10-,11-,13+,14+,15+,16+,17+,19+/m0/s1. The number of allylic oxidation sites excluding steroid dienone is 1. The minimum absolute atomic E-state index is 0.0272. The molecule has 0 unspecified atom stereocenters. The van der Waals surface area contributed by atoms with Crippen molar-refractivity contribution in [3.05, 3.63) is 11.8 Å². The number of ether oxygens (including phenoxy) is 1. The van der Waals surface area contributed by atoms with Gasteiger partial charge in [0.2, 0.25) is 5.91 Å². The summed E-state index contributed by atoms with van der Waals surface area (Å²) in [6.07, 6.45) is 5.95. The number of hydrogen-bond donors (Lipinski definition) is 0. The second-order valence-electron chi connectivity index (χ2n) is 8.74. The van der Waals surface area contributed by atoms with Gasteiger partial charge in [-0.3, -0.25) is 14.5 Å². The summed E-state index contributed by atoms with van der Waals surface area (Å²) in [6.45, 7) is 8.63. The SMILES string of the molecule is CC1=CN([C@@H]2OC(=O)[C@H]3[C@H](CC[C@@H]3C)[C@H]2C)C(=O)[C@H]2[C@@H]1CC[C@@H]2C. The number of cyclic esters (lactones) is 1. The van der Waals surface area contributed by atoms with Crippen LogP contribution in [0.4, 0.5) is 0 Å². The van der Waals surface area contributed by atoms with E-state index in [9.17, 15) is 9.59 Å². The molecule has 0 radical (unpaired) electrons. The lowest BCUT2D eigenvalue weighted by Gasteiger charge is -2.45. The van der Waals surface area contributed by atoms with Crippen molar-refractivity contribution in [2.45, 2.75) is 59.6 Å². The first-order valence-electron chi connectivity index (χ1n) is 9.61. The van der Waals surface area contributed by atoms with Crippen LogP contribution in [-0.4, -0.2) is 23.0 Å². The van der Waals surface area contributed by atoms with Gasteiger partial charge in [0.1, 0.15) is 0 Å². The molecule has 4 aliphatic rings. The molecule has 0 aromatic heterocycles. The predicted molar refractivity (Wildman–Crippen MR) is 90.4 cm³/mol. The topological polar surface area (TPSA) is 46.6 Å². The Kier molecular flexibility index (Phi) is 3.77. The van der Waals surface area contributed by atoms with E-state index in [1.54, 1.807) is 4.90 Å². The van der Waals surface area contributed by atoms with Gasteiger partial charge in [-0.15, -0.1) is 0 Å². The predicted octanol–water partition coefficient (Wildman–Crippen LogP) is 3.58. The average Bonchev–Trinajstić information content (AvgIpc) is 3.11. The Hall–Kier alpha value is -1.32. The first-order valence-corrected chi connectivity index (χ1v) is 9.61. The number of nitrogens with zero attached hydrogens (tertiary/aromatic N) is 1. The number of amides is 1. The van der Waals surface area contributed by atoms with E-state index in [2.05, 4.69) is 27.7 Å². The van der Waals surface area contributed by atoms with Gasteiger partial charge in [0.25, 0.3) is 0 Å². The highest BCUT2D eigenvalue weighted by atomic mass is 16.6. The van der Waals surface area contributed by atoms with Crippen LogP contribution in [0.1, 0.15) is 53.4 Å². The summed E-state index contributed by atoms with van der Waals surface area (Å²) in [5.74, 6) is 1.95. The quantitative estimate of drug-likeness (QED) is 0.690. The van der Waals surface area contributed by atoms with Gasteiger partial charge >= 0.3 is 5.97 Å². The molecule has 4 rings (SSSR count).